The average molecular weight is 270 g/mol. The van der Waals surface area contributed by atoms with Crippen LogP contribution < -0.4 is 5.32 Å². The molecule has 0 radical (unpaired) electrons. The van der Waals surface area contributed by atoms with Crippen LogP contribution in [0.1, 0.15) is 10.5 Å². The SMILES string of the molecule is Cn1cc(Cl)cc1C(=O)Nc1cccc(Cl)n1. The standard InChI is InChI=1S/C11H9Cl2N3O/c1-16-6-7(12)5-8(16)11(17)15-10-4-2-3-9(13)14-10/h2-6H,1H3,(H,14,15,17). The van der Waals surface area contributed by atoms with Crippen molar-refractivity contribution in [3.05, 3.63) is 46.3 Å². The van der Waals surface area contributed by atoms with Gasteiger partial charge in [-0.1, -0.05) is 29.3 Å². The van der Waals surface area contributed by atoms with Crippen molar-refractivity contribution in [3.8, 4) is 0 Å². The number of amides is 1. The van der Waals surface area contributed by atoms with Crippen molar-refractivity contribution in [1.82, 2.24) is 9.55 Å². The van der Waals surface area contributed by atoms with Crippen LogP contribution in [0, 0.1) is 0 Å². The molecule has 1 amide bonds. The minimum Gasteiger partial charge on any atom is -0.345 e. The molecule has 1 N–H and O–H groups in total. The van der Waals surface area contributed by atoms with E-state index in [1.54, 1.807) is 42.1 Å². The first-order valence-corrected chi connectivity index (χ1v) is 5.57. The first kappa shape index (κ1) is 12.0. The van der Waals surface area contributed by atoms with Crippen LogP contribution in [-0.2, 0) is 7.05 Å². The molecule has 0 aliphatic heterocycles. The van der Waals surface area contributed by atoms with Gasteiger partial charge in [0.2, 0.25) is 0 Å². The van der Waals surface area contributed by atoms with Crippen LogP contribution in [0.25, 0.3) is 0 Å². The number of anilines is 1. The molecule has 6 heteroatoms. The molecule has 0 fully saturated rings. The first-order chi connectivity index (χ1) is 8.06. The van der Waals surface area contributed by atoms with E-state index in [2.05, 4.69) is 10.3 Å². The zero-order valence-corrected chi connectivity index (χ0v) is 10.5. The summed E-state index contributed by atoms with van der Waals surface area (Å²) in [5.74, 6) is 0.119. The van der Waals surface area contributed by atoms with Gasteiger partial charge >= 0.3 is 0 Å². The summed E-state index contributed by atoms with van der Waals surface area (Å²) >= 11 is 11.5. The highest BCUT2D eigenvalue weighted by Gasteiger charge is 2.11. The molecule has 2 aromatic rings. The number of pyridine rings is 1. The van der Waals surface area contributed by atoms with Crippen molar-refractivity contribution in [2.45, 2.75) is 0 Å². The minimum absolute atomic E-state index is 0.283. The van der Waals surface area contributed by atoms with Gasteiger partial charge in [0.1, 0.15) is 16.7 Å². The molecule has 0 aliphatic rings. The molecule has 0 atom stereocenters. The Balaban J connectivity index is 2.20. The van der Waals surface area contributed by atoms with Gasteiger partial charge in [0.05, 0.1) is 5.02 Å². The summed E-state index contributed by atoms with van der Waals surface area (Å²) in [7, 11) is 1.74. The Hall–Kier alpha value is -1.52. The number of aromatic nitrogens is 2. The number of rotatable bonds is 2. The maximum Gasteiger partial charge on any atom is 0.273 e. The number of hydrogen-bond donors (Lipinski definition) is 1. The number of halogens is 2. The Morgan fingerprint density at radius 1 is 1.41 bits per heavy atom. The summed E-state index contributed by atoms with van der Waals surface area (Å²) in [5, 5.41) is 3.48. The Morgan fingerprint density at radius 2 is 2.18 bits per heavy atom. The smallest absolute Gasteiger partial charge is 0.273 e. The van der Waals surface area contributed by atoms with Crippen LogP contribution >= 0.6 is 23.2 Å². The molecule has 0 saturated carbocycles. The van der Waals surface area contributed by atoms with E-state index < -0.39 is 0 Å². The predicted octanol–water partition coefficient (Wildman–Crippen LogP) is 2.98. The van der Waals surface area contributed by atoms with Crippen molar-refractivity contribution >= 4 is 34.9 Å². The van der Waals surface area contributed by atoms with Crippen LogP contribution in [0.5, 0.6) is 0 Å². The zero-order valence-electron chi connectivity index (χ0n) is 8.95. The van der Waals surface area contributed by atoms with Gasteiger partial charge in [0, 0.05) is 13.2 Å². The second kappa shape index (κ2) is 4.77. The summed E-state index contributed by atoms with van der Waals surface area (Å²) in [6, 6.07) is 6.59. The van der Waals surface area contributed by atoms with Crippen molar-refractivity contribution in [2.75, 3.05) is 5.32 Å². The minimum atomic E-state index is -0.283. The van der Waals surface area contributed by atoms with E-state index in [9.17, 15) is 4.79 Å². The predicted molar refractivity (Wildman–Crippen MR) is 67.6 cm³/mol. The lowest BCUT2D eigenvalue weighted by atomic mass is 10.4. The van der Waals surface area contributed by atoms with Crippen molar-refractivity contribution in [1.29, 1.82) is 0 Å². The molecule has 4 nitrogen and oxygen atoms in total. The number of hydrogen-bond acceptors (Lipinski definition) is 2. The summed E-state index contributed by atoms with van der Waals surface area (Å²) in [6.45, 7) is 0. The Morgan fingerprint density at radius 3 is 2.76 bits per heavy atom. The van der Waals surface area contributed by atoms with Gasteiger partial charge in [-0.05, 0) is 18.2 Å². The van der Waals surface area contributed by atoms with Crippen LogP contribution in [0.15, 0.2) is 30.5 Å². The molecular formula is C11H9Cl2N3O. The van der Waals surface area contributed by atoms with Crippen LogP contribution in [0.3, 0.4) is 0 Å². The van der Waals surface area contributed by atoms with Crippen molar-refractivity contribution < 1.29 is 4.79 Å². The number of carbonyl (C=O) groups excluding carboxylic acids is 1. The molecule has 2 heterocycles. The molecular weight excluding hydrogens is 261 g/mol. The largest absolute Gasteiger partial charge is 0.345 e. The number of nitrogens with zero attached hydrogens (tertiary/aromatic N) is 2. The number of carbonyl (C=O) groups is 1. The van der Waals surface area contributed by atoms with Gasteiger partial charge < -0.3 is 9.88 Å². The Kier molecular flexibility index (Phi) is 3.36. The van der Waals surface area contributed by atoms with Crippen LogP contribution in [0.4, 0.5) is 5.82 Å². The van der Waals surface area contributed by atoms with Gasteiger partial charge in [0.15, 0.2) is 0 Å². The summed E-state index contributed by atoms with van der Waals surface area (Å²) < 4.78 is 1.64. The highest BCUT2D eigenvalue weighted by atomic mass is 35.5. The third-order valence-electron chi connectivity index (χ3n) is 2.16. The second-order valence-corrected chi connectivity index (χ2v) is 4.28. The van der Waals surface area contributed by atoms with E-state index in [1.165, 1.54) is 0 Å². The number of nitrogens with one attached hydrogen (secondary N) is 1. The highest BCUT2D eigenvalue weighted by Crippen LogP contribution is 2.15. The molecule has 0 aliphatic carbocycles. The third kappa shape index (κ3) is 2.78. The van der Waals surface area contributed by atoms with Crippen LogP contribution in [0.2, 0.25) is 10.2 Å². The molecule has 0 spiro atoms. The van der Waals surface area contributed by atoms with E-state index in [0.717, 1.165) is 0 Å². The van der Waals surface area contributed by atoms with Crippen molar-refractivity contribution in [2.24, 2.45) is 7.05 Å². The normalized spacial score (nSPS) is 10.3. The molecule has 0 aromatic carbocycles. The zero-order chi connectivity index (χ0) is 12.4. The fourth-order valence-corrected chi connectivity index (χ4v) is 1.82. The molecule has 88 valence electrons. The van der Waals surface area contributed by atoms with Gasteiger partial charge in [0.25, 0.3) is 5.91 Å². The maximum absolute atomic E-state index is 11.9. The third-order valence-corrected chi connectivity index (χ3v) is 2.58. The molecule has 2 aromatic heterocycles. The van der Waals surface area contributed by atoms with Gasteiger partial charge in [-0.25, -0.2) is 4.98 Å². The summed E-state index contributed by atoms with van der Waals surface area (Å²) in [6.07, 6.45) is 1.65. The van der Waals surface area contributed by atoms with Gasteiger partial charge in [-0.3, -0.25) is 4.79 Å². The van der Waals surface area contributed by atoms with E-state index in [0.29, 0.717) is 21.7 Å². The molecule has 0 saturated heterocycles. The molecule has 0 unspecified atom stereocenters. The topological polar surface area (TPSA) is 46.9 Å². The van der Waals surface area contributed by atoms with Crippen molar-refractivity contribution in [3.63, 3.8) is 0 Å². The fraction of sp³-hybridized carbons (Fsp3) is 0.0909. The molecule has 0 bridgehead atoms. The van der Waals surface area contributed by atoms with E-state index in [4.69, 9.17) is 23.2 Å². The second-order valence-electron chi connectivity index (χ2n) is 3.45. The first-order valence-electron chi connectivity index (χ1n) is 4.82. The molecule has 2 rings (SSSR count). The highest BCUT2D eigenvalue weighted by molar-refractivity contribution is 6.31. The summed E-state index contributed by atoms with van der Waals surface area (Å²) in [5.41, 5.74) is 0.455. The lowest BCUT2D eigenvalue weighted by Gasteiger charge is -2.05. The fourth-order valence-electron chi connectivity index (χ4n) is 1.41. The number of aryl methyl sites for hydroxylation is 1. The quantitative estimate of drug-likeness (QED) is 0.853. The Bertz CT molecular complexity index is 566. The monoisotopic (exact) mass is 269 g/mol. The maximum atomic E-state index is 11.9. The average Bonchev–Trinajstić information content (AvgIpc) is 2.58. The van der Waals surface area contributed by atoms with E-state index in [-0.39, 0.29) is 5.91 Å². The van der Waals surface area contributed by atoms with Gasteiger partial charge in [-0.2, -0.15) is 0 Å². The van der Waals surface area contributed by atoms with E-state index >= 15 is 0 Å². The van der Waals surface area contributed by atoms with E-state index in [1.807, 2.05) is 0 Å². The van der Waals surface area contributed by atoms with Crippen LogP contribution in [-0.4, -0.2) is 15.5 Å². The molecule has 17 heavy (non-hydrogen) atoms. The summed E-state index contributed by atoms with van der Waals surface area (Å²) in [4.78, 5) is 15.9. The lowest BCUT2D eigenvalue weighted by molar-refractivity contribution is 0.101. The Labute approximate surface area is 108 Å². The van der Waals surface area contributed by atoms with Gasteiger partial charge in [-0.15, -0.1) is 0 Å². The lowest BCUT2D eigenvalue weighted by Crippen LogP contribution is -2.16.